The highest BCUT2D eigenvalue weighted by Crippen LogP contribution is 2.19. The monoisotopic (exact) mass is 176 g/mol. The van der Waals surface area contributed by atoms with Crippen molar-refractivity contribution < 1.29 is 4.74 Å². The highest BCUT2D eigenvalue weighted by Gasteiger charge is 2.14. The van der Waals surface area contributed by atoms with Crippen LogP contribution >= 0.6 is 11.6 Å². The average Bonchev–Trinajstić information content (AvgIpc) is 2.50. The van der Waals surface area contributed by atoms with Crippen LogP contribution in [0.5, 0.6) is 0 Å². The van der Waals surface area contributed by atoms with Gasteiger partial charge in [-0.1, -0.05) is 12.8 Å². The van der Waals surface area contributed by atoms with E-state index in [1.54, 1.807) is 0 Å². The molecule has 1 nitrogen and oxygen atoms in total. The Morgan fingerprint density at radius 3 is 2.82 bits per heavy atom. The molecule has 0 spiro atoms. The predicted octanol–water partition coefficient (Wildman–Crippen LogP) is 2.82. The van der Waals surface area contributed by atoms with Crippen LogP contribution in [0.1, 0.15) is 32.1 Å². The van der Waals surface area contributed by atoms with Crippen molar-refractivity contribution in [3.05, 3.63) is 0 Å². The Balaban J connectivity index is 1.86. The number of hydrogen-bond acceptors (Lipinski definition) is 1. The van der Waals surface area contributed by atoms with Crippen molar-refractivity contribution in [3.8, 4) is 0 Å². The van der Waals surface area contributed by atoms with Crippen LogP contribution in [-0.2, 0) is 4.74 Å². The summed E-state index contributed by atoms with van der Waals surface area (Å²) in [7, 11) is 0. The Morgan fingerprint density at radius 1 is 1.27 bits per heavy atom. The lowest BCUT2D eigenvalue weighted by Crippen LogP contribution is -1.98. The zero-order chi connectivity index (χ0) is 7.94. The number of ether oxygens (including phenoxy) is 1. The van der Waals surface area contributed by atoms with Gasteiger partial charge in [0.25, 0.3) is 0 Å². The quantitative estimate of drug-likeness (QED) is 0.463. The van der Waals surface area contributed by atoms with Gasteiger partial charge in [-0.15, -0.1) is 11.6 Å². The summed E-state index contributed by atoms with van der Waals surface area (Å²) in [6.07, 6.45) is 6.42. The maximum atomic E-state index is 5.57. The van der Waals surface area contributed by atoms with Crippen molar-refractivity contribution in [2.75, 3.05) is 19.1 Å². The normalized spacial score (nSPS) is 24.3. The number of halogens is 1. The Morgan fingerprint density at radius 2 is 2.18 bits per heavy atom. The molecule has 1 aliphatic rings. The van der Waals surface area contributed by atoms with Gasteiger partial charge in [0.1, 0.15) is 0 Å². The van der Waals surface area contributed by atoms with E-state index in [0.29, 0.717) is 0 Å². The van der Waals surface area contributed by atoms with Crippen molar-refractivity contribution in [1.82, 2.24) is 0 Å². The molecule has 0 aromatic heterocycles. The van der Waals surface area contributed by atoms with Crippen LogP contribution in [0.4, 0.5) is 0 Å². The van der Waals surface area contributed by atoms with E-state index in [9.17, 15) is 0 Å². The van der Waals surface area contributed by atoms with Crippen molar-refractivity contribution in [3.63, 3.8) is 0 Å². The third-order valence-electron chi connectivity index (χ3n) is 2.27. The van der Waals surface area contributed by atoms with Gasteiger partial charge in [0.15, 0.2) is 0 Å². The lowest BCUT2D eigenvalue weighted by atomic mass is 10.0. The molecule has 0 saturated carbocycles. The second-order valence-electron chi connectivity index (χ2n) is 3.27. The molecule has 2 heteroatoms. The summed E-state index contributed by atoms with van der Waals surface area (Å²) in [5.74, 6) is 1.67. The van der Waals surface area contributed by atoms with E-state index in [2.05, 4.69) is 0 Å². The van der Waals surface area contributed by atoms with Crippen molar-refractivity contribution in [2.24, 2.45) is 5.92 Å². The Bertz CT molecular complexity index is 89.6. The standard InChI is InChI=1S/C9H17ClO/c10-6-3-1-2-4-9-5-7-11-8-9/h9H,1-8H2. The number of hydrogen-bond donors (Lipinski definition) is 0. The minimum absolute atomic E-state index is 0.821. The van der Waals surface area contributed by atoms with E-state index >= 15 is 0 Å². The SMILES string of the molecule is ClCCCCCC1CCOC1. The van der Waals surface area contributed by atoms with E-state index in [-0.39, 0.29) is 0 Å². The maximum absolute atomic E-state index is 5.57. The predicted molar refractivity (Wildman–Crippen MR) is 48.1 cm³/mol. The zero-order valence-electron chi connectivity index (χ0n) is 7.02. The van der Waals surface area contributed by atoms with Crippen molar-refractivity contribution >= 4 is 11.6 Å². The topological polar surface area (TPSA) is 9.23 Å². The zero-order valence-corrected chi connectivity index (χ0v) is 7.78. The molecule has 0 aromatic carbocycles. The van der Waals surface area contributed by atoms with E-state index in [4.69, 9.17) is 16.3 Å². The Kier molecular flexibility index (Phi) is 4.96. The first-order valence-corrected chi connectivity index (χ1v) is 5.10. The fraction of sp³-hybridized carbons (Fsp3) is 1.00. The molecule has 1 aliphatic heterocycles. The summed E-state index contributed by atoms with van der Waals surface area (Å²) < 4.78 is 5.29. The van der Waals surface area contributed by atoms with Crippen LogP contribution in [0.15, 0.2) is 0 Å². The molecular formula is C9H17ClO. The summed E-state index contributed by atoms with van der Waals surface area (Å²) >= 11 is 5.57. The van der Waals surface area contributed by atoms with Gasteiger partial charge in [-0.3, -0.25) is 0 Å². The molecule has 0 aromatic rings. The first-order chi connectivity index (χ1) is 5.43. The third kappa shape index (κ3) is 3.97. The van der Waals surface area contributed by atoms with Gasteiger partial charge in [-0.2, -0.15) is 0 Å². The molecule has 0 radical (unpaired) electrons. The van der Waals surface area contributed by atoms with Crippen molar-refractivity contribution in [2.45, 2.75) is 32.1 Å². The van der Waals surface area contributed by atoms with Crippen LogP contribution < -0.4 is 0 Å². The molecule has 1 heterocycles. The van der Waals surface area contributed by atoms with Crippen LogP contribution in [-0.4, -0.2) is 19.1 Å². The molecule has 66 valence electrons. The smallest absolute Gasteiger partial charge is 0.0495 e. The van der Waals surface area contributed by atoms with Crippen LogP contribution in [0.25, 0.3) is 0 Å². The summed E-state index contributed by atoms with van der Waals surface area (Å²) in [6, 6.07) is 0. The summed E-state index contributed by atoms with van der Waals surface area (Å²) in [6.45, 7) is 1.99. The summed E-state index contributed by atoms with van der Waals surface area (Å²) in [4.78, 5) is 0. The van der Waals surface area contributed by atoms with Gasteiger partial charge < -0.3 is 4.74 Å². The molecule has 1 unspecified atom stereocenters. The van der Waals surface area contributed by atoms with Gasteiger partial charge in [-0.25, -0.2) is 0 Å². The minimum Gasteiger partial charge on any atom is -0.381 e. The highest BCUT2D eigenvalue weighted by atomic mass is 35.5. The number of unbranched alkanes of at least 4 members (excludes halogenated alkanes) is 2. The molecule has 0 amide bonds. The largest absolute Gasteiger partial charge is 0.381 e. The van der Waals surface area contributed by atoms with Crippen LogP contribution in [0.3, 0.4) is 0 Å². The van der Waals surface area contributed by atoms with Gasteiger partial charge >= 0.3 is 0 Å². The van der Waals surface area contributed by atoms with E-state index in [0.717, 1.165) is 25.0 Å². The second kappa shape index (κ2) is 5.84. The van der Waals surface area contributed by atoms with Crippen LogP contribution in [0, 0.1) is 5.92 Å². The van der Waals surface area contributed by atoms with Gasteiger partial charge in [-0.05, 0) is 25.2 Å². The molecule has 1 atom stereocenters. The van der Waals surface area contributed by atoms with E-state index < -0.39 is 0 Å². The first-order valence-electron chi connectivity index (χ1n) is 4.57. The second-order valence-corrected chi connectivity index (χ2v) is 3.65. The van der Waals surface area contributed by atoms with Gasteiger partial charge in [0.2, 0.25) is 0 Å². The van der Waals surface area contributed by atoms with Crippen LogP contribution in [0.2, 0.25) is 0 Å². The Labute approximate surface area is 74.1 Å². The number of alkyl halides is 1. The van der Waals surface area contributed by atoms with Crippen molar-refractivity contribution in [1.29, 1.82) is 0 Å². The molecule has 0 aliphatic carbocycles. The first kappa shape index (κ1) is 9.34. The lowest BCUT2D eigenvalue weighted by Gasteiger charge is -2.05. The molecule has 1 rings (SSSR count). The maximum Gasteiger partial charge on any atom is 0.0495 e. The molecular weight excluding hydrogens is 160 g/mol. The fourth-order valence-corrected chi connectivity index (χ4v) is 1.70. The van der Waals surface area contributed by atoms with Gasteiger partial charge in [0.05, 0.1) is 0 Å². The summed E-state index contributed by atoms with van der Waals surface area (Å²) in [5.41, 5.74) is 0. The van der Waals surface area contributed by atoms with E-state index in [1.807, 2.05) is 0 Å². The molecule has 1 fully saturated rings. The molecule has 1 saturated heterocycles. The fourth-order valence-electron chi connectivity index (χ4n) is 1.52. The molecule has 11 heavy (non-hydrogen) atoms. The third-order valence-corrected chi connectivity index (χ3v) is 2.54. The lowest BCUT2D eigenvalue weighted by molar-refractivity contribution is 0.183. The number of rotatable bonds is 5. The van der Waals surface area contributed by atoms with Gasteiger partial charge in [0, 0.05) is 19.1 Å². The summed E-state index contributed by atoms with van der Waals surface area (Å²) in [5, 5.41) is 0. The molecule has 0 bridgehead atoms. The molecule has 0 N–H and O–H groups in total. The average molecular weight is 177 g/mol. The van der Waals surface area contributed by atoms with E-state index in [1.165, 1.54) is 32.1 Å². The Hall–Kier alpha value is 0.250. The minimum atomic E-state index is 0.821. The highest BCUT2D eigenvalue weighted by molar-refractivity contribution is 6.17.